The zero-order chi connectivity index (χ0) is 37.9. The number of Topliss-reactive ketones (excluding diaryl/α,β-unsaturated/α-hetero) is 1. The molecule has 1 N–H and O–H groups in total. The number of ether oxygens (including phenoxy) is 2. The van der Waals surface area contributed by atoms with Gasteiger partial charge in [-0.1, -0.05) is 36.6 Å². The van der Waals surface area contributed by atoms with Crippen molar-refractivity contribution in [2.24, 2.45) is 17.3 Å². The molecule has 4 heterocycles. The monoisotopic (exact) mass is 767 g/mol. The first-order chi connectivity index (χ1) is 25.1. The molecule has 286 valence electrons. The maximum Gasteiger partial charge on any atom is 0.306 e. The van der Waals surface area contributed by atoms with Gasteiger partial charge in [0.15, 0.2) is 5.78 Å². The highest BCUT2D eigenvalue weighted by molar-refractivity contribution is 7.91. The van der Waals surface area contributed by atoms with E-state index in [1.54, 1.807) is 31.7 Å². The quantitative estimate of drug-likeness (QED) is 0.264. The van der Waals surface area contributed by atoms with Gasteiger partial charge in [-0.15, -0.1) is 0 Å². The molecule has 2 aromatic rings. The molecule has 1 aromatic carbocycles. The molecule has 1 aromatic heterocycles. The zero-order valence-corrected chi connectivity index (χ0v) is 32.6. The van der Waals surface area contributed by atoms with E-state index in [2.05, 4.69) is 4.72 Å². The first-order valence-corrected chi connectivity index (χ1v) is 21.0. The van der Waals surface area contributed by atoms with E-state index in [4.69, 9.17) is 26.1 Å². The van der Waals surface area contributed by atoms with Crippen LogP contribution < -0.4 is 9.46 Å². The molecular weight excluding hydrogens is 718 g/mol. The van der Waals surface area contributed by atoms with Crippen LogP contribution >= 0.6 is 11.6 Å². The lowest BCUT2D eigenvalue weighted by Crippen LogP contribution is -2.48. The number of halogens is 1. The minimum absolute atomic E-state index is 0.105. The highest BCUT2D eigenvalue weighted by atomic mass is 35.5. The molecule has 2 saturated carbocycles. The SMILES string of the molecule is Cc1nc2ccc(Cl)cc2c2c1O[C@]1(CC2)C[C@H]2C(=O)C[C@]3(C(=O)NS(=O)(=O)C4(C)CC4)C[C@H]3/C=C\CCCCC[C@H](CC(=O)OC(C)C)C(=O)N2C1. The average Bonchev–Trinajstić information content (AvgIpc) is 3.98. The second kappa shape index (κ2) is 14.0. The van der Waals surface area contributed by atoms with Gasteiger partial charge in [-0.05, 0) is 103 Å². The molecule has 3 aliphatic heterocycles. The van der Waals surface area contributed by atoms with Gasteiger partial charge in [0.25, 0.3) is 0 Å². The Labute approximate surface area is 316 Å². The van der Waals surface area contributed by atoms with Gasteiger partial charge in [-0.25, -0.2) is 13.4 Å². The standard InChI is InChI=1S/C40H50ClN3O8S/c1-24(2)51-34(46)18-26-10-8-6-5-7-9-11-27-20-40(27,37(48)43-53(49,50)38(4)16-17-38)22-33(45)32-21-39(23-44(32)36(26)47)15-14-29-30-19-28(41)12-13-31(30)42-25(3)35(29)52-39/h9,11-13,19,24,26-27,32H,5-8,10,14-18,20-23H2,1-4H3,(H,43,48)/b11-9-/t26-,27-,32+,39-,40-/m1/s1. The number of esters is 1. The van der Waals surface area contributed by atoms with Crippen LogP contribution in [0, 0.1) is 24.2 Å². The fourth-order valence-electron chi connectivity index (χ4n) is 8.65. The van der Waals surface area contributed by atoms with Crippen LogP contribution in [0.2, 0.25) is 5.02 Å². The van der Waals surface area contributed by atoms with Crippen molar-refractivity contribution in [3.8, 4) is 5.75 Å². The molecule has 5 aliphatic rings. The van der Waals surface area contributed by atoms with Crippen molar-refractivity contribution in [3.05, 3.63) is 46.6 Å². The minimum Gasteiger partial charge on any atom is -0.483 e. The molecule has 1 spiro atoms. The molecular formula is C40H50ClN3O8S. The number of nitrogens with zero attached hydrogens (tertiary/aromatic N) is 2. The van der Waals surface area contributed by atoms with Crippen molar-refractivity contribution < 1.29 is 37.1 Å². The number of hydrogen-bond acceptors (Lipinski definition) is 9. The summed E-state index contributed by atoms with van der Waals surface area (Å²) in [6.45, 7) is 7.16. The summed E-state index contributed by atoms with van der Waals surface area (Å²) in [5, 5.41) is 1.48. The van der Waals surface area contributed by atoms with Crippen molar-refractivity contribution in [1.29, 1.82) is 0 Å². The highest BCUT2D eigenvalue weighted by Gasteiger charge is 2.63. The summed E-state index contributed by atoms with van der Waals surface area (Å²) < 4.78 is 40.1. The van der Waals surface area contributed by atoms with Gasteiger partial charge in [-0.3, -0.25) is 23.9 Å². The molecule has 7 rings (SSSR count). The van der Waals surface area contributed by atoms with Gasteiger partial charge in [-0.2, -0.15) is 0 Å². The van der Waals surface area contributed by atoms with Crippen molar-refractivity contribution in [1.82, 2.24) is 14.6 Å². The van der Waals surface area contributed by atoms with Crippen molar-refractivity contribution >= 4 is 56.1 Å². The van der Waals surface area contributed by atoms with E-state index >= 15 is 0 Å². The number of benzene rings is 1. The number of amides is 2. The topological polar surface area (TPSA) is 149 Å². The Bertz CT molecular complexity index is 1990. The molecule has 0 radical (unpaired) electrons. The third kappa shape index (κ3) is 7.34. The number of aryl methyl sites for hydroxylation is 2. The Morgan fingerprint density at radius 2 is 1.91 bits per heavy atom. The van der Waals surface area contributed by atoms with Crippen LogP contribution in [0.5, 0.6) is 5.75 Å². The Hall–Kier alpha value is -3.51. The maximum absolute atomic E-state index is 14.7. The van der Waals surface area contributed by atoms with E-state index in [1.807, 2.05) is 31.2 Å². The van der Waals surface area contributed by atoms with Gasteiger partial charge in [0, 0.05) is 34.7 Å². The number of aromatic nitrogens is 1. The van der Waals surface area contributed by atoms with Crippen LogP contribution in [0.1, 0.15) is 109 Å². The van der Waals surface area contributed by atoms with Gasteiger partial charge < -0.3 is 14.4 Å². The first-order valence-electron chi connectivity index (χ1n) is 19.1. The lowest BCUT2D eigenvalue weighted by molar-refractivity contribution is -0.153. The van der Waals surface area contributed by atoms with E-state index in [0.29, 0.717) is 61.4 Å². The molecule has 2 aliphatic carbocycles. The number of pyridine rings is 1. The first kappa shape index (κ1) is 37.8. The molecule has 13 heteroatoms. The van der Waals surface area contributed by atoms with Crippen molar-refractivity contribution in [2.45, 2.75) is 134 Å². The van der Waals surface area contributed by atoms with Gasteiger partial charge >= 0.3 is 5.97 Å². The number of nitrogens with one attached hydrogen (secondary N) is 1. The predicted molar refractivity (Wildman–Crippen MR) is 200 cm³/mol. The number of ketones is 1. The Balaban J connectivity index is 1.23. The molecule has 0 bridgehead atoms. The number of allylic oxidation sites excluding steroid dienone is 2. The number of carbonyl (C=O) groups excluding carboxylic acids is 4. The lowest BCUT2D eigenvalue weighted by Gasteiger charge is -2.36. The van der Waals surface area contributed by atoms with Crippen LogP contribution in [0.25, 0.3) is 10.9 Å². The van der Waals surface area contributed by atoms with Crippen LogP contribution in [-0.2, 0) is 40.4 Å². The third-order valence-electron chi connectivity index (χ3n) is 12.2. The number of fused-ring (bicyclic) bond motifs is 5. The summed E-state index contributed by atoms with van der Waals surface area (Å²) in [4.78, 5) is 62.7. The van der Waals surface area contributed by atoms with Crippen LogP contribution in [0.4, 0.5) is 0 Å². The Kier molecular flexibility index (Phi) is 9.96. The second-order valence-electron chi connectivity index (χ2n) is 16.6. The molecule has 53 heavy (non-hydrogen) atoms. The number of rotatable bonds is 6. The van der Waals surface area contributed by atoms with Crippen LogP contribution in [0.15, 0.2) is 30.4 Å². The highest BCUT2D eigenvalue weighted by Crippen LogP contribution is 2.58. The van der Waals surface area contributed by atoms with Crippen molar-refractivity contribution in [3.63, 3.8) is 0 Å². The molecule has 2 amide bonds. The normalized spacial score (nSPS) is 30.4. The van der Waals surface area contributed by atoms with E-state index in [9.17, 15) is 27.6 Å². The Morgan fingerprint density at radius 1 is 1.13 bits per heavy atom. The van der Waals surface area contributed by atoms with E-state index in [1.165, 1.54) is 0 Å². The van der Waals surface area contributed by atoms with Crippen molar-refractivity contribution in [2.75, 3.05) is 6.54 Å². The maximum atomic E-state index is 14.7. The third-order valence-corrected chi connectivity index (χ3v) is 14.6. The molecule has 0 unspecified atom stereocenters. The molecule has 11 nitrogen and oxygen atoms in total. The van der Waals surface area contributed by atoms with Crippen LogP contribution in [-0.4, -0.2) is 70.9 Å². The predicted octanol–water partition coefficient (Wildman–Crippen LogP) is 6.30. The summed E-state index contributed by atoms with van der Waals surface area (Å²) in [7, 11) is -3.93. The lowest BCUT2D eigenvalue weighted by atomic mass is 9.85. The van der Waals surface area contributed by atoms with Gasteiger partial charge in [0.05, 0.1) is 46.5 Å². The van der Waals surface area contributed by atoms with E-state index < -0.39 is 49.6 Å². The largest absolute Gasteiger partial charge is 0.483 e. The summed E-state index contributed by atoms with van der Waals surface area (Å²) in [6, 6.07) is 4.63. The summed E-state index contributed by atoms with van der Waals surface area (Å²) in [6.07, 6.45) is 9.52. The Morgan fingerprint density at radius 3 is 2.64 bits per heavy atom. The fourth-order valence-corrected chi connectivity index (χ4v) is 10.2. The number of sulfonamides is 1. The van der Waals surface area contributed by atoms with E-state index in [0.717, 1.165) is 35.7 Å². The van der Waals surface area contributed by atoms with Gasteiger partial charge in [0.1, 0.15) is 11.4 Å². The summed E-state index contributed by atoms with van der Waals surface area (Å²) >= 11 is 6.38. The fraction of sp³-hybridized carbons (Fsp3) is 0.625. The zero-order valence-electron chi connectivity index (χ0n) is 31.0. The minimum atomic E-state index is -3.93. The summed E-state index contributed by atoms with van der Waals surface area (Å²) in [5.41, 5.74) is 0.318. The average molecular weight is 768 g/mol. The number of carbonyl (C=O) groups is 4. The second-order valence-corrected chi connectivity index (χ2v) is 19.3. The van der Waals surface area contributed by atoms with Gasteiger partial charge in [0.2, 0.25) is 21.8 Å². The molecule has 5 atom stereocenters. The smallest absolute Gasteiger partial charge is 0.306 e. The number of hydrogen-bond donors (Lipinski definition) is 1. The van der Waals surface area contributed by atoms with E-state index in [-0.39, 0.29) is 49.5 Å². The summed E-state index contributed by atoms with van der Waals surface area (Å²) in [5.74, 6) is -2.13. The molecule has 1 saturated heterocycles. The van der Waals surface area contributed by atoms with Crippen LogP contribution in [0.3, 0.4) is 0 Å². The molecule has 3 fully saturated rings.